The highest BCUT2D eigenvalue weighted by atomic mass is 32.2. The standard InChI is InChI=1S/C26H26F8N2O6S2/c1-22(38,13-43(2,39)40)21(37)36-19-11-12-23(44(41,42)15-5-3-14(27)4-6-15)16(19)7-9-18-17(23)8-10-20(35-18)24(28,25(29,30)31)26(32,33)34/h3-6,8,10,16,19,38H,7,9,11-13H2,1-2H3,(H,36,37)/t16-,19+,22+,23-/m0/s1. The van der Waals surface area contributed by atoms with E-state index in [1.807, 2.05) is 0 Å². The number of halogens is 8. The number of rotatable bonds is 7. The quantitative estimate of drug-likeness (QED) is 0.337. The summed E-state index contributed by atoms with van der Waals surface area (Å²) in [5, 5.41) is 13.0. The molecule has 0 saturated heterocycles. The summed E-state index contributed by atoms with van der Waals surface area (Å²) in [5.41, 5.74) is -11.2. The maximum Gasteiger partial charge on any atom is 0.437 e. The molecule has 2 aromatic rings. The Morgan fingerprint density at radius 2 is 1.55 bits per heavy atom. The van der Waals surface area contributed by atoms with Crippen molar-refractivity contribution in [2.24, 2.45) is 5.92 Å². The van der Waals surface area contributed by atoms with E-state index in [0.717, 1.165) is 37.4 Å². The maximum absolute atomic E-state index is 14.9. The van der Waals surface area contributed by atoms with Crippen molar-refractivity contribution in [1.82, 2.24) is 10.3 Å². The summed E-state index contributed by atoms with van der Waals surface area (Å²) >= 11 is 0. The van der Waals surface area contributed by atoms with E-state index in [-0.39, 0.29) is 30.9 Å². The van der Waals surface area contributed by atoms with Crippen LogP contribution in [0.1, 0.15) is 43.1 Å². The number of nitrogens with zero attached hydrogens (tertiary/aromatic N) is 1. The molecule has 0 aliphatic heterocycles. The number of pyridine rings is 1. The van der Waals surface area contributed by atoms with E-state index in [2.05, 4.69) is 10.3 Å². The number of amides is 1. The van der Waals surface area contributed by atoms with Crippen LogP contribution in [0, 0.1) is 11.7 Å². The molecule has 0 radical (unpaired) electrons. The molecule has 244 valence electrons. The van der Waals surface area contributed by atoms with Gasteiger partial charge >= 0.3 is 18.0 Å². The fraction of sp³-hybridized carbons (Fsp3) is 0.538. The van der Waals surface area contributed by atoms with Crippen LogP contribution in [0.5, 0.6) is 0 Å². The normalized spacial score (nSPS) is 24.2. The first-order valence-electron chi connectivity index (χ1n) is 12.9. The lowest BCUT2D eigenvalue weighted by molar-refractivity contribution is -0.350. The third kappa shape index (κ3) is 5.46. The van der Waals surface area contributed by atoms with Crippen LogP contribution in [0.4, 0.5) is 35.1 Å². The minimum Gasteiger partial charge on any atom is -0.379 e. The van der Waals surface area contributed by atoms with Crippen molar-refractivity contribution in [2.45, 2.75) is 71.9 Å². The van der Waals surface area contributed by atoms with Crippen molar-refractivity contribution >= 4 is 25.6 Å². The highest BCUT2D eigenvalue weighted by Crippen LogP contribution is 2.58. The summed E-state index contributed by atoms with van der Waals surface area (Å²) in [6.07, 6.45) is -13.4. The highest BCUT2D eigenvalue weighted by molar-refractivity contribution is 7.92. The second-order valence-corrected chi connectivity index (χ2v) is 15.6. The number of carbonyl (C=O) groups excluding carboxylic acids is 1. The van der Waals surface area contributed by atoms with E-state index in [0.29, 0.717) is 6.07 Å². The molecule has 0 bridgehead atoms. The van der Waals surface area contributed by atoms with Gasteiger partial charge in [0.1, 0.15) is 10.6 Å². The maximum atomic E-state index is 14.9. The molecule has 4 rings (SSSR count). The van der Waals surface area contributed by atoms with Crippen LogP contribution < -0.4 is 5.32 Å². The van der Waals surface area contributed by atoms with Gasteiger partial charge in [-0.15, -0.1) is 0 Å². The molecule has 18 heteroatoms. The van der Waals surface area contributed by atoms with Crippen LogP contribution in [0.2, 0.25) is 0 Å². The van der Waals surface area contributed by atoms with Crippen LogP contribution in [0.3, 0.4) is 0 Å². The number of sulfone groups is 2. The molecule has 0 spiro atoms. The molecule has 2 aliphatic carbocycles. The van der Waals surface area contributed by atoms with Crippen molar-refractivity contribution < 1.29 is 61.9 Å². The molecular formula is C26H26F8N2O6S2. The van der Waals surface area contributed by atoms with E-state index >= 15 is 0 Å². The van der Waals surface area contributed by atoms with Gasteiger partial charge in [-0.3, -0.25) is 9.78 Å². The van der Waals surface area contributed by atoms with E-state index in [9.17, 15) is 61.9 Å². The zero-order valence-electron chi connectivity index (χ0n) is 22.9. The molecule has 2 N–H and O–H groups in total. The number of alkyl halides is 7. The molecule has 1 aromatic heterocycles. The summed E-state index contributed by atoms with van der Waals surface area (Å²) in [6.45, 7) is 0.924. The second-order valence-electron chi connectivity index (χ2n) is 11.3. The van der Waals surface area contributed by atoms with Crippen molar-refractivity contribution in [1.29, 1.82) is 0 Å². The molecule has 2 aliphatic rings. The lowest BCUT2D eigenvalue weighted by Gasteiger charge is -2.42. The summed E-state index contributed by atoms with van der Waals surface area (Å²) in [5.74, 6) is -4.09. The van der Waals surface area contributed by atoms with Gasteiger partial charge < -0.3 is 10.4 Å². The van der Waals surface area contributed by atoms with E-state index in [4.69, 9.17) is 0 Å². The van der Waals surface area contributed by atoms with Gasteiger partial charge in [0.25, 0.3) is 5.91 Å². The van der Waals surface area contributed by atoms with Gasteiger partial charge in [0.05, 0.1) is 16.3 Å². The first-order chi connectivity index (χ1) is 19.9. The Labute approximate surface area is 246 Å². The number of fused-ring (bicyclic) bond motifs is 3. The van der Waals surface area contributed by atoms with Gasteiger partial charge in [-0.25, -0.2) is 25.6 Å². The minimum atomic E-state index is -6.47. The highest BCUT2D eigenvalue weighted by Gasteiger charge is 2.75. The van der Waals surface area contributed by atoms with Crippen molar-refractivity contribution in [3.8, 4) is 0 Å². The summed E-state index contributed by atoms with van der Waals surface area (Å²) in [7, 11) is -8.56. The Morgan fingerprint density at radius 1 is 0.977 bits per heavy atom. The first-order valence-corrected chi connectivity index (χ1v) is 16.5. The Balaban J connectivity index is 1.88. The van der Waals surface area contributed by atoms with E-state index in [1.54, 1.807) is 0 Å². The number of hydrogen-bond donors (Lipinski definition) is 2. The smallest absolute Gasteiger partial charge is 0.379 e. The van der Waals surface area contributed by atoms with Crippen molar-refractivity contribution in [3.05, 3.63) is 59.2 Å². The molecule has 0 unspecified atom stereocenters. The van der Waals surface area contributed by atoms with Gasteiger partial charge in [0.2, 0.25) is 0 Å². The van der Waals surface area contributed by atoms with Gasteiger partial charge in [-0.1, -0.05) is 6.07 Å². The number of aryl methyl sites for hydroxylation is 1. The third-order valence-corrected chi connectivity index (χ3v) is 11.8. The molecular weight excluding hydrogens is 652 g/mol. The van der Waals surface area contributed by atoms with Gasteiger partial charge in [0.15, 0.2) is 25.3 Å². The molecule has 1 amide bonds. The van der Waals surface area contributed by atoms with Gasteiger partial charge in [0, 0.05) is 23.9 Å². The summed E-state index contributed by atoms with van der Waals surface area (Å²) < 4.78 is 159. The summed E-state index contributed by atoms with van der Waals surface area (Å²) in [4.78, 5) is 15.9. The average Bonchev–Trinajstić information content (AvgIpc) is 3.25. The number of hydrogen-bond acceptors (Lipinski definition) is 7. The molecule has 4 atom stereocenters. The number of aromatic nitrogens is 1. The lowest BCUT2D eigenvalue weighted by Crippen LogP contribution is -2.55. The largest absolute Gasteiger partial charge is 0.437 e. The third-order valence-electron chi connectivity index (χ3n) is 8.12. The second kappa shape index (κ2) is 10.6. The molecule has 1 heterocycles. The predicted octanol–water partition coefficient (Wildman–Crippen LogP) is 3.82. The number of carbonyl (C=O) groups is 1. The van der Waals surface area contributed by atoms with Crippen molar-refractivity contribution in [3.63, 3.8) is 0 Å². The molecule has 44 heavy (non-hydrogen) atoms. The fourth-order valence-electron chi connectivity index (χ4n) is 6.24. The molecule has 1 aromatic carbocycles. The lowest BCUT2D eigenvalue weighted by atomic mass is 9.76. The Morgan fingerprint density at radius 3 is 2.07 bits per heavy atom. The Bertz CT molecular complexity index is 1660. The van der Waals surface area contributed by atoms with Crippen LogP contribution in [0.25, 0.3) is 0 Å². The molecule has 1 saturated carbocycles. The number of benzene rings is 1. The van der Waals surface area contributed by atoms with Gasteiger partial charge in [-0.2, -0.15) is 26.3 Å². The molecule has 8 nitrogen and oxygen atoms in total. The summed E-state index contributed by atoms with van der Waals surface area (Å²) in [6, 6.07) is 3.15. The Kier molecular flexibility index (Phi) is 8.20. The molecule has 1 fully saturated rings. The minimum absolute atomic E-state index is 0.118. The fourth-order valence-corrected chi connectivity index (χ4v) is 9.85. The van der Waals surface area contributed by atoms with E-state index in [1.165, 1.54) is 0 Å². The zero-order valence-corrected chi connectivity index (χ0v) is 24.6. The van der Waals surface area contributed by atoms with E-state index < -0.39 is 100 Å². The van der Waals surface area contributed by atoms with Crippen LogP contribution in [-0.4, -0.2) is 68.8 Å². The zero-order chi connectivity index (χ0) is 33.3. The van der Waals surface area contributed by atoms with Crippen molar-refractivity contribution in [2.75, 3.05) is 12.0 Å². The van der Waals surface area contributed by atoms with Crippen LogP contribution >= 0.6 is 0 Å². The first kappa shape index (κ1) is 34.0. The van der Waals surface area contributed by atoms with Crippen LogP contribution in [-0.2, 0) is 41.3 Å². The average molecular weight is 679 g/mol. The number of aliphatic hydroxyl groups is 1. The monoisotopic (exact) mass is 678 g/mol. The van der Waals surface area contributed by atoms with Crippen LogP contribution in [0.15, 0.2) is 41.3 Å². The van der Waals surface area contributed by atoms with Gasteiger partial charge in [-0.05, 0) is 68.5 Å². The number of nitrogens with one attached hydrogen (secondary N) is 1. The Hall–Kier alpha value is -2.86. The predicted molar refractivity (Wildman–Crippen MR) is 138 cm³/mol. The topological polar surface area (TPSA) is 130 Å². The SMILES string of the molecule is C[C@@](O)(CS(C)(=O)=O)C(=O)N[C@@H]1CC[C@@]2(S(=O)(=O)c3ccc(F)cc3)c3ccc(C(F)(C(F)(F)F)C(F)(F)F)nc3CC[C@@H]12.